The number of ether oxygens (including phenoxy) is 2. The van der Waals surface area contributed by atoms with Crippen LogP contribution in [-0.4, -0.2) is 17.0 Å². The predicted octanol–water partition coefficient (Wildman–Crippen LogP) is 2.56. The van der Waals surface area contributed by atoms with Crippen molar-refractivity contribution in [2.24, 2.45) is 5.73 Å². The van der Waals surface area contributed by atoms with Gasteiger partial charge in [0.05, 0.1) is 18.1 Å². The van der Waals surface area contributed by atoms with Crippen LogP contribution < -0.4 is 15.2 Å². The van der Waals surface area contributed by atoms with Crippen molar-refractivity contribution in [3.63, 3.8) is 0 Å². The van der Waals surface area contributed by atoms with Crippen LogP contribution >= 0.6 is 0 Å². The maximum atomic E-state index is 11.0. The molecule has 1 aromatic carbocycles. The normalized spacial score (nSPS) is 10.2. The number of rotatable bonds is 5. The summed E-state index contributed by atoms with van der Waals surface area (Å²) in [6.45, 7) is 2.22. The van der Waals surface area contributed by atoms with Crippen molar-refractivity contribution in [1.29, 1.82) is 0 Å². The van der Waals surface area contributed by atoms with Crippen LogP contribution in [0.3, 0.4) is 0 Å². The van der Waals surface area contributed by atoms with Gasteiger partial charge in [-0.15, -0.1) is 0 Å². The Bertz CT molecular complexity index is 673. The van der Waals surface area contributed by atoms with E-state index in [1.54, 1.807) is 12.3 Å². The summed E-state index contributed by atoms with van der Waals surface area (Å²) < 4.78 is 10.5. The van der Waals surface area contributed by atoms with Crippen molar-refractivity contribution in [1.82, 2.24) is 4.98 Å². The first-order chi connectivity index (χ1) is 10.0. The zero-order chi connectivity index (χ0) is 15.4. The first-order valence-electron chi connectivity index (χ1n) is 6.21. The number of nitro groups is 1. The molecule has 0 aliphatic carbocycles. The van der Waals surface area contributed by atoms with Gasteiger partial charge in [-0.25, -0.2) is 4.98 Å². The molecule has 0 fully saturated rings. The second-order valence-electron chi connectivity index (χ2n) is 4.36. The number of benzene rings is 1. The average molecular weight is 289 g/mol. The summed E-state index contributed by atoms with van der Waals surface area (Å²) in [5.41, 5.74) is 7.07. The highest BCUT2D eigenvalue weighted by atomic mass is 16.6. The minimum absolute atomic E-state index is 0.161. The lowest BCUT2D eigenvalue weighted by molar-refractivity contribution is -0.385. The van der Waals surface area contributed by atoms with Gasteiger partial charge in [-0.3, -0.25) is 10.1 Å². The van der Waals surface area contributed by atoms with E-state index in [-0.39, 0.29) is 11.4 Å². The zero-order valence-corrected chi connectivity index (χ0v) is 11.7. The highest BCUT2D eigenvalue weighted by Crippen LogP contribution is 2.33. The van der Waals surface area contributed by atoms with Gasteiger partial charge in [0.25, 0.3) is 0 Å². The van der Waals surface area contributed by atoms with Crippen LogP contribution in [0.5, 0.6) is 17.4 Å². The van der Waals surface area contributed by atoms with Crippen LogP contribution in [0.1, 0.15) is 11.1 Å². The number of nitrogens with zero attached hydrogens (tertiary/aromatic N) is 2. The Morgan fingerprint density at radius 3 is 2.71 bits per heavy atom. The van der Waals surface area contributed by atoms with Crippen LogP contribution in [0.2, 0.25) is 0 Å². The van der Waals surface area contributed by atoms with E-state index < -0.39 is 4.92 Å². The van der Waals surface area contributed by atoms with Crippen molar-refractivity contribution in [3.8, 4) is 17.4 Å². The molecule has 7 heteroatoms. The molecule has 2 N–H and O–H groups in total. The van der Waals surface area contributed by atoms with Crippen LogP contribution in [0, 0.1) is 17.0 Å². The van der Waals surface area contributed by atoms with Gasteiger partial charge in [0.1, 0.15) is 5.75 Å². The lowest BCUT2D eigenvalue weighted by atomic mass is 10.2. The van der Waals surface area contributed by atoms with Gasteiger partial charge < -0.3 is 15.2 Å². The maximum absolute atomic E-state index is 11.0. The molecule has 0 radical (unpaired) electrons. The monoisotopic (exact) mass is 289 g/mol. The number of hydrogen-bond donors (Lipinski definition) is 1. The molecule has 1 heterocycles. The highest BCUT2D eigenvalue weighted by molar-refractivity contribution is 5.51. The molecule has 7 nitrogen and oxygen atoms in total. The summed E-state index contributed by atoms with van der Waals surface area (Å²) in [4.78, 5) is 14.6. The molecule has 0 amide bonds. The molecular weight excluding hydrogens is 274 g/mol. The fourth-order valence-corrected chi connectivity index (χ4v) is 1.83. The molecule has 0 spiro atoms. The number of pyridine rings is 1. The molecule has 0 aliphatic heterocycles. The topological polar surface area (TPSA) is 101 Å². The molecule has 0 unspecified atom stereocenters. The molecule has 0 saturated heterocycles. The summed E-state index contributed by atoms with van der Waals surface area (Å²) in [7, 11) is 1.38. The number of aromatic nitrogens is 1. The van der Waals surface area contributed by atoms with Crippen LogP contribution in [-0.2, 0) is 6.54 Å². The number of aryl methyl sites for hydroxylation is 1. The van der Waals surface area contributed by atoms with Crippen molar-refractivity contribution < 1.29 is 14.4 Å². The lowest BCUT2D eigenvalue weighted by Gasteiger charge is -2.09. The molecular formula is C14H15N3O4. The second kappa shape index (κ2) is 6.19. The quantitative estimate of drug-likeness (QED) is 0.670. The molecule has 0 aliphatic rings. The largest absolute Gasteiger partial charge is 0.490 e. The number of methoxy groups -OCH3 is 1. The van der Waals surface area contributed by atoms with Crippen LogP contribution in [0.25, 0.3) is 0 Å². The summed E-state index contributed by atoms with van der Waals surface area (Å²) in [6, 6.07) is 6.23. The average Bonchev–Trinajstić information content (AvgIpc) is 2.49. The van der Waals surface area contributed by atoms with E-state index in [1.165, 1.54) is 19.2 Å². The summed E-state index contributed by atoms with van der Waals surface area (Å²) in [6.07, 6.45) is 1.61. The molecule has 0 atom stereocenters. The van der Waals surface area contributed by atoms with E-state index in [1.807, 2.05) is 13.0 Å². The predicted molar refractivity (Wildman–Crippen MR) is 76.6 cm³/mol. The number of hydrogen-bond acceptors (Lipinski definition) is 6. The summed E-state index contributed by atoms with van der Waals surface area (Å²) in [5.74, 6) is 0.876. The third-order valence-corrected chi connectivity index (χ3v) is 2.88. The Morgan fingerprint density at radius 1 is 1.38 bits per heavy atom. The fraction of sp³-hybridized carbons (Fsp3) is 0.214. The van der Waals surface area contributed by atoms with Gasteiger partial charge >= 0.3 is 5.69 Å². The Hall–Kier alpha value is -2.67. The van der Waals surface area contributed by atoms with Crippen molar-refractivity contribution in [3.05, 3.63) is 51.7 Å². The van der Waals surface area contributed by atoms with E-state index in [2.05, 4.69) is 4.98 Å². The standard InChI is InChI=1S/C14H15N3O4/c1-9-5-10(7-15)8-16-14(9)21-11-3-4-13(20-2)12(6-11)17(18)19/h3-6,8H,7,15H2,1-2H3. The smallest absolute Gasteiger partial charge is 0.314 e. The van der Waals surface area contributed by atoms with E-state index in [0.717, 1.165) is 11.1 Å². The van der Waals surface area contributed by atoms with Gasteiger partial charge in [0.15, 0.2) is 5.75 Å². The highest BCUT2D eigenvalue weighted by Gasteiger charge is 2.16. The lowest BCUT2D eigenvalue weighted by Crippen LogP contribution is -2.00. The second-order valence-corrected chi connectivity index (χ2v) is 4.36. The van der Waals surface area contributed by atoms with Crippen molar-refractivity contribution in [2.75, 3.05) is 7.11 Å². The number of nitro benzene ring substituents is 1. The van der Waals surface area contributed by atoms with Crippen molar-refractivity contribution in [2.45, 2.75) is 13.5 Å². The minimum atomic E-state index is -0.524. The molecule has 1 aromatic heterocycles. The van der Waals surface area contributed by atoms with Gasteiger partial charge in [0.2, 0.25) is 5.88 Å². The zero-order valence-electron chi connectivity index (χ0n) is 11.7. The molecule has 2 aromatic rings. The van der Waals surface area contributed by atoms with Crippen LogP contribution in [0.4, 0.5) is 5.69 Å². The first kappa shape index (κ1) is 14.7. The Kier molecular flexibility index (Phi) is 4.34. The molecule has 2 rings (SSSR count). The molecule has 0 saturated carbocycles. The SMILES string of the molecule is COc1ccc(Oc2ncc(CN)cc2C)cc1[N+](=O)[O-]. The van der Waals surface area contributed by atoms with Gasteiger partial charge in [-0.2, -0.15) is 0 Å². The molecule has 110 valence electrons. The molecule has 21 heavy (non-hydrogen) atoms. The van der Waals surface area contributed by atoms with Crippen LogP contribution in [0.15, 0.2) is 30.5 Å². The van der Waals surface area contributed by atoms with Gasteiger partial charge in [0, 0.05) is 18.3 Å². The van der Waals surface area contributed by atoms with Gasteiger partial charge in [-0.1, -0.05) is 0 Å². The fourth-order valence-electron chi connectivity index (χ4n) is 1.83. The van der Waals surface area contributed by atoms with Gasteiger partial charge in [-0.05, 0) is 30.7 Å². The Labute approximate surface area is 121 Å². The summed E-state index contributed by atoms with van der Waals surface area (Å²) >= 11 is 0. The Balaban J connectivity index is 2.31. The third-order valence-electron chi connectivity index (χ3n) is 2.88. The third kappa shape index (κ3) is 3.26. The van der Waals surface area contributed by atoms with E-state index in [4.69, 9.17) is 15.2 Å². The van der Waals surface area contributed by atoms with Crippen molar-refractivity contribution >= 4 is 5.69 Å². The maximum Gasteiger partial charge on any atom is 0.314 e. The van der Waals surface area contributed by atoms with E-state index in [0.29, 0.717) is 18.2 Å². The first-order valence-corrected chi connectivity index (χ1v) is 6.21. The minimum Gasteiger partial charge on any atom is -0.490 e. The summed E-state index contributed by atoms with van der Waals surface area (Å²) in [5, 5.41) is 11.0. The number of nitrogens with two attached hydrogens (primary N) is 1. The molecule has 0 bridgehead atoms. The Morgan fingerprint density at radius 2 is 2.14 bits per heavy atom. The van der Waals surface area contributed by atoms with E-state index in [9.17, 15) is 10.1 Å². The van der Waals surface area contributed by atoms with E-state index >= 15 is 0 Å².